The van der Waals surface area contributed by atoms with E-state index < -0.39 is 68.0 Å². The lowest BCUT2D eigenvalue weighted by Gasteiger charge is -2.27. The average molecular weight is 619 g/mol. The second-order valence-corrected chi connectivity index (χ2v) is 10.4. The quantitative estimate of drug-likeness (QED) is 0.147. The third kappa shape index (κ3) is 10.8. The molecule has 204 valence electrons. The van der Waals surface area contributed by atoms with Gasteiger partial charge in [0.05, 0.1) is 6.10 Å². The Bertz CT molecular complexity index is 1010. The zero-order chi connectivity index (χ0) is 27.6. The molecule has 0 bridgehead atoms. The number of carbonyl (C=O) groups excluding carboxylic acids is 2. The Morgan fingerprint density at radius 1 is 1.19 bits per heavy atom. The molecule has 6 atom stereocenters. The summed E-state index contributed by atoms with van der Waals surface area (Å²) in [4.78, 5) is 49.9. The molecule has 13 nitrogen and oxygen atoms in total. The van der Waals surface area contributed by atoms with E-state index in [2.05, 4.69) is 26.0 Å². The normalized spacial score (nSPS) is 16.2. The van der Waals surface area contributed by atoms with Crippen molar-refractivity contribution in [2.24, 2.45) is 11.7 Å². The molecule has 2 unspecified atom stereocenters. The Hall–Kier alpha value is -1.67. The van der Waals surface area contributed by atoms with Crippen LogP contribution >= 0.6 is 35.7 Å². The number of alkyl halides is 2. The van der Waals surface area contributed by atoms with Gasteiger partial charge < -0.3 is 19.9 Å². The maximum absolute atomic E-state index is 12.4. The molecule has 0 aliphatic carbocycles. The van der Waals surface area contributed by atoms with Crippen molar-refractivity contribution in [2.45, 2.75) is 70.7 Å². The van der Waals surface area contributed by atoms with Gasteiger partial charge in [0.15, 0.2) is 0 Å². The number of nitrogens with zero attached hydrogens (tertiary/aromatic N) is 1. The second kappa shape index (κ2) is 15.6. The van der Waals surface area contributed by atoms with Crippen LogP contribution in [-0.2, 0) is 32.9 Å². The van der Waals surface area contributed by atoms with Gasteiger partial charge in [-0.3, -0.25) is 23.9 Å². The molecule has 0 saturated carbocycles. The van der Waals surface area contributed by atoms with Crippen LogP contribution in [-0.4, -0.2) is 63.3 Å². The molecule has 1 aromatic rings. The smallest absolute Gasteiger partial charge is 0.462 e. The number of nitrogens with one attached hydrogen (secondary N) is 2. The standard InChI is InChI=1S/C20H31BrClN4O9P/c1-10(2)16(23)19(29)35-17(22)13(9-32-36(31)25-12(5)18(28)33-11(3)4)34-15(8-21)26-7-6-14(27)24-20(26)30/h6-7,10-13,15-17H,8-9,23H2,1-5H3,(H-,24,25,27,30,31)/p+1/t12-,13-,15-,16?,17-/m1/s1. The van der Waals surface area contributed by atoms with Crippen molar-refractivity contribution in [1.82, 2.24) is 14.6 Å². The number of ether oxygens (including phenoxy) is 3. The number of H-pyrrole nitrogens is 1. The molecule has 1 rings (SSSR count). The molecule has 0 aliphatic heterocycles. The van der Waals surface area contributed by atoms with Crippen molar-refractivity contribution in [1.29, 1.82) is 0 Å². The highest BCUT2D eigenvalue weighted by atomic mass is 79.9. The number of nitrogens with two attached hydrogens (primary N) is 1. The molecule has 0 fully saturated rings. The lowest BCUT2D eigenvalue weighted by Crippen LogP contribution is -2.43. The highest BCUT2D eigenvalue weighted by molar-refractivity contribution is 9.09. The fourth-order valence-corrected chi connectivity index (χ4v) is 3.93. The number of aromatic nitrogens is 2. The predicted molar refractivity (Wildman–Crippen MR) is 135 cm³/mol. The summed E-state index contributed by atoms with van der Waals surface area (Å²) >= 11 is 9.50. The minimum Gasteiger partial charge on any atom is -0.462 e. The van der Waals surface area contributed by atoms with Crippen LogP contribution in [0.25, 0.3) is 0 Å². The number of halogens is 2. The molecular formula is C20H32BrClN4O9P+. The molecule has 36 heavy (non-hydrogen) atoms. The molecule has 16 heteroatoms. The minimum absolute atomic E-state index is 0.0565. The number of hydrogen-bond donors (Lipinski definition) is 3. The summed E-state index contributed by atoms with van der Waals surface area (Å²) in [7, 11) is -2.60. The van der Waals surface area contributed by atoms with Gasteiger partial charge in [0.1, 0.15) is 31.0 Å². The molecule has 1 aromatic heterocycles. The van der Waals surface area contributed by atoms with E-state index in [1.165, 1.54) is 13.1 Å². The predicted octanol–water partition coefficient (Wildman–Crippen LogP) is 1.51. The van der Waals surface area contributed by atoms with E-state index >= 15 is 0 Å². The van der Waals surface area contributed by atoms with Crippen LogP contribution in [0.4, 0.5) is 0 Å². The first kappa shape index (κ1) is 32.4. The highest BCUT2D eigenvalue weighted by Crippen LogP contribution is 2.24. The molecule has 0 radical (unpaired) electrons. The second-order valence-electron chi connectivity index (χ2n) is 8.25. The van der Waals surface area contributed by atoms with Crippen LogP contribution in [0.15, 0.2) is 21.9 Å². The van der Waals surface area contributed by atoms with Gasteiger partial charge in [0, 0.05) is 17.6 Å². The first-order chi connectivity index (χ1) is 16.8. The van der Waals surface area contributed by atoms with Crippen molar-refractivity contribution >= 4 is 47.6 Å². The van der Waals surface area contributed by atoms with Gasteiger partial charge in [0.25, 0.3) is 5.56 Å². The summed E-state index contributed by atoms with van der Waals surface area (Å²) in [5, 5.41) is 2.51. The largest absolute Gasteiger partial charge is 0.613 e. The summed E-state index contributed by atoms with van der Waals surface area (Å²) in [6, 6.07) is -0.795. The zero-order valence-electron chi connectivity index (χ0n) is 20.5. The van der Waals surface area contributed by atoms with Crippen molar-refractivity contribution in [3.05, 3.63) is 33.1 Å². The summed E-state index contributed by atoms with van der Waals surface area (Å²) in [5.41, 5.74) is 2.98. The molecule has 0 saturated heterocycles. The van der Waals surface area contributed by atoms with Crippen LogP contribution in [0.2, 0.25) is 0 Å². The van der Waals surface area contributed by atoms with E-state index in [9.17, 15) is 23.7 Å². The topological polar surface area (TPSA) is 181 Å². The maximum Gasteiger partial charge on any atom is 0.613 e. The van der Waals surface area contributed by atoms with E-state index in [1.54, 1.807) is 27.7 Å². The Labute approximate surface area is 222 Å². The van der Waals surface area contributed by atoms with E-state index in [0.717, 1.165) is 10.6 Å². The summed E-state index contributed by atoms with van der Waals surface area (Å²) in [5.74, 6) is -1.67. The van der Waals surface area contributed by atoms with Crippen LogP contribution in [0.5, 0.6) is 0 Å². The third-order valence-electron chi connectivity index (χ3n) is 4.50. The maximum atomic E-state index is 12.4. The molecular weight excluding hydrogens is 587 g/mol. The van der Waals surface area contributed by atoms with Crippen molar-refractivity contribution < 1.29 is 32.9 Å². The Morgan fingerprint density at radius 2 is 1.83 bits per heavy atom. The van der Waals surface area contributed by atoms with Crippen LogP contribution < -0.4 is 22.1 Å². The van der Waals surface area contributed by atoms with E-state index in [0.29, 0.717) is 0 Å². The monoisotopic (exact) mass is 617 g/mol. The lowest BCUT2D eigenvalue weighted by atomic mass is 10.1. The summed E-state index contributed by atoms with van der Waals surface area (Å²) in [6.45, 7) is 7.75. The van der Waals surface area contributed by atoms with Crippen LogP contribution in [0.1, 0.15) is 40.8 Å². The molecule has 1 heterocycles. The van der Waals surface area contributed by atoms with Gasteiger partial charge in [-0.2, -0.15) is 0 Å². The summed E-state index contributed by atoms with van der Waals surface area (Å²) < 4.78 is 34.8. The molecule has 0 spiro atoms. The first-order valence-electron chi connectivity index (χ1n) is 11.0. The Kier molecular flexibility index (Phi) is 14.0. The van der Waals surface area contributed by atoms with Gasteiger partial charge in [-0.25, -0.2) is 4.79 Å². The fraction of sp³-hybridized carbons (Fsp3) is 0.700. The number of hydrogen-bond acceptors (Lipinski definition) is 10. The van der Waals surface area contributed by atoms with Gasteiger partial charge in [-0.05, 0) is 31.3 Å². The van der Waals surface area contributed by atoms with Crippen molar-refractivity contribution in [2.75, 3.05) is 11.9 Å². The highest BCUT2D eigenvalue weighted by Gasteiger charge is 2.35. The van der Waals surface area contributed by atoms with E-state index in [-0.39, 0.29) is 17.4 Å². The zero-order valence-corrected chi connectivity index (χ0v) is 23.7. The Balaban J connectivity index is 3.02. The number of carbonyl (C=O) groups is 2. The van der Waals surface area contributed by atoms with Gasteiger partial charge in [-0.1, -0.05) is 46.5 Å². The molecule has 0 amide bonds. The van der Waals surface area contributed by atoms with Gasteiger partial charge in [-0.15, -0.1) is 4.52 Å². The van der Waals surface area contributed by atoms with Gasteiger partial charge >= 0.3 is 25.8 Å². The SMILES string of the molecule is CC(C)OC(=O)[C@@H](C)N[P+](=O)OC[C@@H](O[C@H](CBr)n1ccc(=O)[nH]c1=O)[C@H](Cl)OC(=O)C(N)C(C)C. The molecule has 0 aliphatic rings. The average Bonchev–Trinajstić information content (AvgIpc) is 2.78. The minimum atomic E-state index is -2.60. The van der Waals surface area contributed by atoms with E-state index in [4.69, 9.17) is 36.1 Å². The van der Waals surface area contributed by atoms with Gasteiger partial charge in [0.2, 0.25) is 5.56 Å². The van der Waals surface area contributed by atoms with Crippen LogP contribution in [0.3, 0.4) is 0 Å². The summed E-state index contributed by atoms with van der Waals surface area (Å²) in [6.07, 6.45) is -1.44. The number of rotatable bonds is 15. The molecule has 0 aromatic carbocycles. The van der Waals surface area contributed by atoms with E-state index in [1.807, 2.05) is 0 Å². The van der Waals surface area contributed by atoms with Crippen molar-refractivity contribution in [3.63, 3.8) is 0 Å². The lowest BCUT2D eigenvalue weighted by molar-refractivity contribution is -0.160. The number of esters is 2. The third-order valence-corrected chi connectivity index (χ3v) is 6.40. The van der Waals surface area contributed by atoms with Crippen LogP contribution in [0, 0.1) is 5.92 Å². The number of aromatic amines is 1. The first-order valence-corrected chi connectivity index (χ1v) is 13.7. The fourth-order valence-electron chi connectivity index (χ4n) is 2.47. The van der Waals surface area contributed by atoms with Crippen molar-refractivity contribution in [3.8, 4) is 0 Å². The Morgan fingerprint density at radius 3 is 2.36 bits per heavy atom. The molecule has 4 N–H and O–H groups in total.